The lowest BCUT2D eigenvalue weighted by atomic mass is 9.94. The zero-order valence-electron chi connectivity index (χ0n) is 21.4. The molecule has 12 heteroatoms. The van der Waals surface area contributed by atoms with Gasteiger partial charge in [0.1, 0.15) is 18.5 Å². The lowest BCUT2D eigenvalue weighted by Gasteiger charge is -2.31. The third kappa shape index (κ3) is 7.24. The zero-order valence-corrected chi connectivity index (χ0v) is 23.0. The van der Waals surface area contributed by atoms with Crippen molar-refractivity contribution < 1.29 is 38.2 Å². The summed E-state index contributed by atoms with van der Waals surface area (Å²) in [4.78, 5) is 46.3. The monoisotopic (exact) mass is 554 g/mol. The van der Waals surface area contributed by atoms with E-state index in [0.29, 0.717) is 39.9 Å². The lowest BCUT2D eigenvalue weighted by molar-refractivity contribution is -0.138. The number of carbonyl (C=O) groups excluding carboxylic acids is 2. The maximum absolute atomic E-state index is 13.8. The van der Waals surface area contributed by atoms with Crippen molar-refractivity contribution in [2.45, 2.75) is 39.4 Å². The average molecular weight is 555 g/mol. The molecule has 1 aliphatic heterocycles. The maximum Gasteiger partial charge on any atom is 0.344 e. The fourth-order valence-electron chi connectivity index (χ4n) is 4.13. The molecular formula is C25H32ClN2O8P. The van der Waals surface area contributed by atoms with Gasteiger partial charge in [-0.2, -0.15) is 0 Å². The molecule has 0 spiro atoms. The van der Waals surface area contributed by atoms with Crippen LogP contribution in [-0.2, 0) is 18.9 Å². The molecule has 0 fully saturated rings. The van der Waals surface area contributed by atoms with Crippen molar-refractivity contribution in [3.8, 4) is 11.5 Å². The number of para-hydroxylation sites is 1. The van der Waals surface area contributed by atoms with Gasteiger partial charge in [0.2, 0.25) is 5.91 Å². The van der Waals surface area contributed by atoms with Crippen molar-refractivity contribution in [3.63, 3.8) is 0 Å². The Labute approximate surface area is 221 Å². The van der Waals surface area contributed by atoms with Crippen molar-refractivity contribution in [3.05, 3.63) is 52.5 Å². The van der Waals surface area contributed by atoms with Crippen LogP contribution in [0.15, 0.2) is 36.4 Å². The summed E-state index contributed by atoms with van der Waals surface area (Å²) in [6.45, 7) is 6.25. The van der Waals surface area contributed by atoms with Crippen LogP contribution in [0, 0.1) is 5.41 Å². The molecule has 3 rings (SSSR count). The normalized spacial score (nSPS) is 18.2. The molecule has 0 radical (unpaired) electrons. The second kappa shape index (κ2) is 11.4. The number of amides is 2. The first-order valence-electron chi connectivity index (χ1n) is 11.5. The van der Waals surface area contributed by atoms with Crippen molar-refractivity contribution in [1.29, 1.82) is 0 Å². The van der Waals surface area contributed by atoms with Crippen molar-refractivity contribution in [2.75, 3.05) is 32.0 Å². The van der Waals surface area contributed by atoms with E-state index in [4.69, 9.17) is 35.6 Å². The number of benzene rings is 2. The number of hydrogen-bond acceptors (Lipinski definition) is 6. The molecule has 0 bridgehead atoms. The molecule has 0 aliphatic carbocycles. The summed E-state index contributed by atoms with van der Waals surface area (Å²) in [5.41, 5.74) is 1.40. The fraction of sp³-hybridized carbons (Fsp3) is 0.440. The van der Waals surface area contributed by atoms with Gasteiger partial charge >= 0.3 is 7.60 Å². The van der Waals surface area contributed by atoms with E-state index in [0.717, 1.165) is 0 Å². The molecular weight excluding hydrogens is 523 g/mol. The standard InChI is InChI=1S/C25H32ClN2O8P/c1-25(2,3)13-28-18-10-9-15(26)11-17(18)22(16-7-6-8-19(34-4)23(16)35-5)36-20(24(28)30)12-21(29)27-14-37(31,32)33/h6-11,20,22H,12-14H2,1-5H3,(H,27,29)(H2,31,32,33). The minimum Gasteiger partial charge on any atom is -0.493 e. The van der Waals surface area contributed by atoms with Gasteiger partial charge in [0, 0.05) is 28.4 Å². The van der Waals surface area contributed by atoms with E-state index < -0.39 is 44.3 Å². The van der Waals surface area contributed by atoms with E-state index in [1.807, 2.05) is 20.8 Å². The predicted octanol–water partition coefficient (Wildman–Crippen LogP) is 3.87. The van der Waals surface area contributed by atoms with Crippen LogP contribution < -0.4 is 19.7 Å². The molecule has 3 N–H and O–H groups in total. The number of ether oxygens (including phenoxy) is 3. The Morgan fingerprint density at radius 2 is 1.86 bits per heavy atom. The first kappa shape index (κ1) is 28.9. The molecule has 2 aromatic rings. The highest BCUT2D eigenvalue weighted by molar-refractivity contribution is 7.51. The summed E-state index contributed by atoms with van der Waals surface area (Å²) >= 11 is 6.38. The summed E-state index contributed by atoms with van der Waals surface area (Å²) in [5, 5.41) is 2.61. The number of anilines is 1. The Balaban J connectivity index is 2.16. The second-order valence-electron chi connectivity index (χ2n) is 9.90. The molecule has 1 aliphatic rings. The van der Waals surface area contributed by atoms with Gasteiger partial charge in [0.25, 0.3) is 5.91 Å². The summed E-state index contributed by atoms with van der Waals surface area (Å²) in [7, 11) is -1.49. The van der Waals surface area contributed by atoms with Gasteiger partial charge in [-0.05, 0) is 29.7 Å². The molecule has 10 nitrogen and oxygen atoms in total. The van der Waals surface area contributed by atoms with Crippen molar-refractivity contribution in [2.24, 2.45) is 5.41 Å². The van der Waals surface area contributed by atoms with E-state index >= 15 is 0 Å². The molecule has 0 saturated carbocycles. The van der Waals surface area contributed by atoms with Gasteiger partial charge in [-0.15, -0.1) is 0 Å². The molecule has 0 saturated heterocycles. The number of carbonyl (C=O) groups is 2. The Bertz CT molecular complexity index is 1210. The highest BCUT2D eigenvalue weighted by Crippen LogP contribution is 2.45. The van der Waals surface area contributed by atoms with E-state index in [9.17, 15) is 14.2 Å². The Hall–Kier alpha value is -2.62. The minimum absolute atomic E-state index is 0.312. The predicted molar refractivity (Wildman–Crippen MR) is 139 cm³/mol. The molecule has 1 heterocycles. The first-order chi connectivity index (χ1) is 17.2. The first-order valence-corrected chi connectivity index (χ1v) is 13.7. The van der Waals surface area contributed by atoms with Gasteiger partial charge in [0.15, 0.2) is 11.5 Å². The van der Waals surface area contributed by atoms with Crippen molar-refractivity contribution in [1.82, 2.24) is 5.32 Å². The van der Waals surface area contributed by atoms with E-state index in [1.165, 1.54) is 14.2 Å². The summed E-state index contributed by atoms with van der Waals surface area (Å²) in [6, 6.07) is 10.4. The number of fused-ring (bicyclic) bond motifs is 1. The van der Waals surface area contributed by atoms with Crippen LogP contribution in [0.5, 0.6) is 11.5 Å². The quantitative estimate of drug-likeness (QED) is 0.419. The molecule has 2 aromatic carbocycles. The number of nitrogens with zero attached hydrogens (tertiary/aromatic N) is 1. The van der Waals surface area contributed by atoms with E-state index in [-0.39, 0.29) is 5.41 Å². The minimum atomic E-state index is -4.48. The van der Waals surface area contributed by atoms with Crippen LogP contribution in [0.3, 0.4) is 0 Å². The Morgan fingerprint density at radius 3 is 2.46 bits per heavy atom. The smallest absolute Gasteiger partial charge is 0.344 e. The summed E-state index contributed by atoms with van der Waals surface area (Å²) in [6.07, 6.45) is -3.45. The van der Waals surface area contributed by atoms with Crippen LogP contribution in [0.2, 0.25) is 5.02 Å². The summed E-state index contributed by atoms with van der Waals surface area (Å²) < 4.78 is 28.7. The third-order valence-electron chi connectivity index (χ3n) is 5.61. The molecule has 0 aromatic heterocycles. The van der Waals surface area contributed by atoms with E-state index in [2.05, 4.69) is 5.32 Å². The molecule has 2 atom stereocenters. The maximum atomic E-state index is 13.8. The topological polar surface area (TPSA) is 135 Å². The largest absolute Gasteiger partial charge is 0.493 e. The Kier molecular flexibility index (Phi) is 8.93. The van der Waals surface area contributed by atoms with Crippen LogP contribution in [0.25, 0.3) is 0 Å². The van der Waals surface area contributed by atoms with E-state index in [1.54, 1.807) is 41.3 Å². The van der Waals surface area contributed by atoms with Gasteiger partial charge in [-0.25, -0.2) is 0 Å². The van der Waals surface area contributed by atoms with Crippen LogP contribution in [0.1, 0.15) is 44.4 Å². The Morgan fingerprint density at radius 1 is 1.16 bits per heavy atom. The fourth-order valence-corrected chi connectivity index (χ4v) is 4.70. The van der Waals surface area contributed by atoms with Crippen LogP contribution in [0.4, 0.5) is 5.69 Å². The molecule has 202 valence electrons. The van der Waals surface area contributed by atoms with Gasteiger partial charge in [-0.3, -0.25) is 14.2 Å². The number of halogens is 1. The third-order valence-corrected chi connectivity index (χ3v) is 6.41. The average Bonchev–Trinajstić information content (AvgIpc) is 2.91. The summed E-state index contributed by atoms with van der Waals surface area (Å²) in [5.74, 6) is -0.362. The highest BCUT2D eigenvalue weighted by atomic mass is 35.5. The van der Waals surface area contributed by atoms with Crippen LogP contribution >= 0.6 is 19.2 Å². The zero-order chi connectivity index (χ0) is 27.5. The SMILES string of the molecule is COc1cccc(C2OC(CC(=O)NCP(=O)(O)O)C(=O)N(CC(C)(C)C)c3ccc(Cl)cc32)c1OC. The van der Waals surface area contributed by atoms with Gasteiger partial charge in [-0.1, -0.05) is 44.5 Å². The number of hydrogen-bond donors (Lipinski definition) is 3. The highest BCUT2D eigenvalue weighted by Gasteiger charge is 2.40. The van der Waals surface area contributed by atoms with Gasteiger partial charge < -0.3 is 34.2 Å². The lowest BCUT2D eigenvalue weighted by Crippen LogP contribution is -2.45. The molecule has 37 heavy (non-hydrogen) atoms. The van der Waals surface area contributed by atoms with Crippen LogP contribution in [-0.4, -0.2) is 54.8 Å². The number of rotatable bonds is 8. The second-order valence-corrected chi connectivity index (χ2v) is 12.0. The van der Waals surface area contributed by atoms with Gasteiger partial charge in [0.05, 0.1) is 20.6 Å². The molecule has 2 amide bonds. The van der Waals surface area contributed by atoms with Crippen molar-refractivity contribution >= 4 is 36.7 Å². The number of nitrogens with one attached hydrogen (secondary N) is 1. The molecule has 2 unspecified atom stereocenters. The number of methoxy groups -OCH3 is 2.